The molecule has 0 unspecified atom stereocenters. The molecule has 0 fully saturated rings. The van der Waals surface area contributed by atoms with E-state index in [0.29, 0.717) is 28.6 Å². The molecule has 0 saturated heterocycles. The van der Waals surface area contributed by atoms with Crippen molar-refractivity contribution in [2.45, 2.75) is 19.8 Å². The third-order valence-corrected chi connectivity index (χ3v) is 5.33. The Labute approximate surface area is 216 Å². The molecule has 0 atom stereocenters. The lowest BCUT2D eigenvalue weighted by molar-refractivity contribution is -0.148. The zero-order valence-electron chi connectivity index (χ0n) is 20.6. The van der Waals surface area contributed by atoms with Crippen molar-refractivity contribution >= 4 is 17.5 Å². The molecule has 0 saturated carbocycles. The predicted molar refractivity (Wildman–Crippen MR) is 146 cm³/mol. The molecule has 0 amide bonds. The largest absolute Gasteiger partial charge is 0.494 e. The Morgan fingerprint density at radius 2 is 1.16 bits per heavy atom. The standard InChI is InChI=1S/C30H30N2O5/c1-2-3-17-33-27-12-6-23(7-13-27)24-8-14-28(15-9-24)35-34-18-16-22-4-10-29(11-5-22)36-37-30-20-25(31)19-26(32)21-30/h4-16,18-21H,2-3,17,31-32H2,1H3/b18-16+. The predicted octanol–water partition coefficient (Wildman–Crippen LogP) is 7.05. The number of benzene rings is 4. The van der Waals surface area contributed by atoms with Gasteiger partial charge in [-0.1, -0.05) is 49.7 Å². The molecule has 7 heteroatoms. The van der Waals surface area contributed by atoms with Crippen LogP contribution in [-0.4, -0.2) is 6.61 Å². The van der Waals surface area contributed by atoms with Crippen LogP contribution in [0.15, 0.2) is 97.3 Å². The Kier molecular flexibility index (Phi) is 8.75. The van der Waals surface area contributed by atoms with Gasteiger partial charge in [0.1, 0.15) is 12.0 Å². The van der Waals surface area contributed by atoms with Crippen LogP contribution in [0.1, 0.15) is 25.3 Å². The van der Waals surface area contributed by atoms with E-state index in [0.717, 1.165) is 41.9 Å². The van der Waals surface area contributed by atoms with Crippen LogP contribution >= 0.6 is 0 Å². The number of hydrogen-bond donors (Lipinski definition) is 2. The van der Waals surface area contributed by atoms with Crippen molar-refractivity contribution in [2.75, 3.05) is 18.1 Å². The van der Waals surface area contributed by atoms with Gasteiger partial charge in [-0.3, -0.25) is 19.6 Å². The highest BCUT2D eigenvalue weighted by Gasteiger charge is 2.03. The number of hydrogen-bond acceptors (Lipinski definition) is 7. The van der Waals surface area contributed by atoms with E-state index in [9.17, 15) is 0 Å². The van der Waals surface area contributed by atoms with Gasteiger partial charge in [0.15, 0.2) is 17.2 Å². The van der Waals surface area contributed by atoms with Crippen LogP contribution in [0.25, 0.3) is 17.2 Å². The molecule has 0 aromatic heterocycles. The molecule has 4 aromatic carbocycles. The van der Waals surface area contributed by atoms with Gasteiger partial charge in [0.25, 0.3) is 0 Å². The monoisotopic (exact) mass is 498 g/mol. The maximum atomic E-state index is 5.75. The second kappa shape index (κ2) is 12.8. The summed E-state index contributed by atoms with van der Waals surface area (Å²) in [6, 6.07) is 27.9. The molecule has 4 aromatic rings. The van der Waals surface area contributed by atoms with E-state index in [2.05, 4.69) is 6.92 Å². The van der Waals surface area contributed by atoms with Crippen molar-refractivity contribution in [2.24, 2.45) is 0 Å². The van der Waals surface area contributed by atoms with E-state index >= 15 is 0 Å². The van der Waals surface area contributed by atoms with Crippen molar-refractivity contribution in [3.05, 3.63) is 103 Å². The van der Waals surface area contributed by atoms with Crippen molar-refractivity contribution in [1.82, 2.24) is 0 Å². The summed E-state index contributed by atoms with van der Waals surface area (Å²) in [6.07, 6.45) is 5.40. The lowest BCUT2D eigenvalue weighted by atomic mass is 10.1. The summed E-state index contributed by atoms with van der Waals surface area (Å²) in [7, 11) is 0. The lowest BCUT2D eigenvalue weighted by Gasteiger charge is -2.08. The highest BCUT2D eigenvalue weighted by Crippen LogP contribution is 2.25. The molecule has 190 valence electrons. The van der Waals surface area contributed by atoms with Crippen LogP contribution in [0.2, 0.25) is 0 Å². The number of nitrogen functional groups attached to an aromatic ring is 2. The lowest BCUT2D eigenvalue weighted by Crippen LogP contribution is -2.01. The number of anilines is 2. The summed E-state index contributed by atoms with van der Waals surface area (Å²) in [5, 5.41) is 0. The van der Waals surface area contributed by atoms with Crippen molar-refractivity contribution in [1.29, 1.82) is 0 Å². The Hall–Kier alpha value is -4.78. The van der Waals surface area contributed by atoms with Crippen molar-refractivity contribution < 1.29 is 24.3 Å². The van der Waals surface area contributed by atoms with E-state index in [1.165, 1.54) is 6.26 Å². The van der Waals surface area contributed by atoms with Crippen LogP contribution < -0.4 is 30.9 Å². The molecule has 7 nitrogen and oxygen atoms in total. The van der Waals surface area contributed by atoms with Crippen molar-refractivity contribution in [3.8, 4) is 34.1 Å². The topological polar surface area (TPSA) is 98.2 Å². The summed E-state index contributed by atoms with van der Waals surface area (Å²) in [5.74, 6) is 2.42. The zero-order chi connectivity index (χ0) is 25.9. The minimum atomic E-state index is 0.422. The molecule has 0 aliphatic heterocycles. The van der Waals surface area contributed by atoms with Crippen LogP contribution in [0, 0.1) is 0 Å². The van der Waals surface area contributed by atoms with Gasteiger partial charge >= 0.3 is 0 Å². The number of nitrogens with two attached hydrogens (primary N) is 2. The van der Waals surface area contributed by atoms with E-state index < -0.39 is 0 Å². The molecule has 37 heavy (non-hydrogen) atoms. The number of ether oxygens (including phenoxy) is 1. The first-order valence-corrected chi connectivity index (χ1v) is 12.0. The molecule has 0 radical (unpaired) electrons. The highest BCUT2D eigenvalue weighted by atomic mass is 17.2. The van der Waals surface area contributed by atoms with Crippen LogP contribution in [0.5, 0.6) is 23.0 Å². The average Bonchev–Trinajstić information content (AvgIpc) is 2.91. The normalized spacial score (nSPS) is 10.7. The van der Waals surface area contributed by atoms with Gasteiger partial charge in [0, 0.05) is 23.5 Å². The Morgan fingerprint density at radius 3 is 1.78 bits per heavy atom. The molecule has 0 bridgehead atoms. The fraction of sp³-hybridized carbons (Fsp3) is 0.133. The first-order chi connectivity index (χ1) is 18.1. The first-order valence-electron chi connectivity index (χ1n) is 12.0. The van der Waals surface area contributed by atoms with Gasteiger partial charge < -0.3 is 16.2 Å². The summed E-state index contributed by atoms with van der Waals surface area (Å²) >= 11 is 0. The Balaban J connectivity index is 1.22. The van der Waals surface area contributed by atoms with E-state index in [1.54, 1.807) is 36.4 Å². The number of unbranched alkanes of at least 4 members (excludes halogenated alkanes) is 1. The molecule has 4 N–H and O–H groups in total. The molecule has 0 heterocycles. The van der Waals surface area contributed by atoms with Crippen LogP contribution in [0.4, 0.5) is 11.4 Å². The second-order valence-electron chi connectivity index (χ2n) is 8.30. The van der Waals surface area contributed by atoms with Gasteiger partial charge in [-0.05, 0) is 71.7 Å². The van der Waals surface area contributed by atoms with Gasteiger partial charge in [-0.15, -0.1) is 0 Å². The zero-order valence-corrected chi connectivity index (χ0v) is 20.6. The summed E-state index contributed by atoms with van der Waals surface area (Å²) in [4.78, 5) is 21.1. The maximum absolute atomic E-state index is 5.75. The van der Waals surface area contributed by atoms with E-state index in [1.807, 2.05) is 60.7 Å². The average molecular weight is 499 g/mol. The maximum Gasteiger partial charge on any atom is 0.182 e. The molecule has 0 aliphatic carbocycles. The molecule has 4 rings (SSSR count). The van der Waals surface area contributed by atoms with Crippen molar-refractivity contribution in [3.63, 3.8) is 0 Å². The summed E-state index contributed by atoms with van der Waals surface area (Å²) in [6.45, 7) is 2.89. The van der Waals surface area contributed by atoms with Crippen LogP contribution in [0.3, 0.4) is 0 Å². The van der Waals surface area contributed by atoms with Gasteiger partial charge in [0.05, 0.1) is 6.61 Å². The minimum absolute atomic E-state index is 0.422. The van der Waals surface area contributed by atoms with Crippen LogP contribution in [-0.2, 0) is 4.89 Å². The first kappa shape index (κ1) is 25.3. The molecular formula is C30H30N2O5. The highest BCUT2D eigenvalue weighted by molar-refractivity contribution is 5.65. The van der Waals surface area contributed by atoms with Gasteiger partial charge in [0.2, 0.25) is 0 Å². The molecular weight excluding hydrogens is 468 g/mol. The summed E-state index contributed by atoms with van der Waals surface area (Å²) in [5.41, 5.74) is 15.6. The van der Waals surface area contributed by atoms with E-state index in [4.69, 9.17) is 35.8 Å². The summed E-state index contributed by atoms with van der Waals surface area (Å²) < 4.78 is 5.72. The van der Waals surface area contributed by atoms with Gasteiger partial charge in [-0.25, -0.2) is 0 Å². The third-order valence-electron chi connectivity index (χ3n) is 5.33. The molecule has 0 spiro atoms. The molecule has 0 aliphatic rings. The quantitative estimate of drug-likeness (QED) is 0.0710. The smallest absolute Gasteiger partial charge is 0.182 e. The fourth-order valence-electron chi connectivity index (χ4n) is 3.40. The number of rotatable bonds is 12. The Morgan fingerprint density at radius 1 is 0.622 bits per heavy atom. The van der Waals surface area contributed by atoms with E-state index in [-0.39, 0.29) is 0 Å². The van der Waals surface area contributed by atoms with Gasteiger partial charge in [-0.2, -0.15) is 0 Å². The third kappa shape index (κ3) is 7.86. The fourth-order valence-corrected chi connectivity index (χ4v) is 3.40. The minimum Gasteiger partial charge on any atom is -0.494 e. The Bertz CT molecular complexity index is 1270. The SMILES string of the molecule is CCCCOc1ccc(-c2ccc(OO/C=C/c3ccc(OOc4cc(N)cc(N)c4)cc3)cc2)cc1. The second-order valence-corrected chi connectivity index (χ2v) is 8.30.